The van der Waals surface area contributed by atoms with Gasteiger partial charge in [0.1, 0.15) is 0 Å². The molecule has 5 nitrogen and oxygen atoms in total. The summed E-state index contributed by atoms with van der Waals surface area (Å²) in [6.07, 6.45) is 0. The van der Waals surface area contributed by atoms with Crippen molar-refractivity contribution >= 4 is 33.0 Å². The summed E-state index contributed by atoms with van der Waals surface area (Å²) in [5.41, 5.74) is 1.03. The number of carbonyl (C=O) groups excluding carboxylic acids is 1. The molecule has 0 N–H and O–H groups in total. The van der Waals surface area contributed by atoms with E-state index in [4.69, 9.17) is 0 Å². The Balaban J connectivity index is 1.80. The minimum atomic E-state index is -3.70. The molecule has 1 aromatic heterocycles. The monoisotopic (exact) mass is 414 g/mol. The van der Waals surface area contributed by atoms with Crippen LogP contribution < -0.4 is 4.31 Å². The smallest absolute Gasteiger partial charge is 0.264 e. The molecule has 0 bridgehead atoms. The summed E-state index contributed by atoms with van der Waals surface area (Å²) in [5, 5.41) is 1.98. The molecule has 1 unspecified atom stereocenters. The van der Waals surface area contributed by atoms with Crippen molar-refractivity contribution in [3.8, 4) is 0 Å². The molecule has 7 heteroatoms. The molecule has 2 aromatic carbocycles. The Bertz CT molecular complexity index is 1030. The molecule has 3 aromatic rings. The summed E-state index contributed by atoms with van der Waals surface area (Å²) in [5.74, 6) is -0.152. The standard InChI is InChI=1S/C21H22N2O3S2/c1-16(20-10-7-15-27-20)22(2)21(24)17-11-13-19(14-12-17)28(25,26)23(3)18-8-5-4-6-9-18/h4-16H,1-3H3. The Morgan fingerprint density at radius 2 is 1.57 bits per heavy atom. The predicted molar refractivity (Wildman–Crippen MR) is 113 cm³/mol. The van der Waals surface area contributed by atoms with Crippen LogP contribution in [0.1, 0.15) is 28.2 Å². The Hall–Kier alpha value is -2.64. The zero-order valence-corrected chi connectivity index (χ0v) is 17.6. The van der Waals surface area contributed by atoms with Gasteiger partial charge in [0.2, 0.25) is 0 Å². The summed E-state index contributed by atoms with van der Waals surface area (Å²) in [6, 6.07) is 18.8. The average Bonchev–Trinajstić information content (AvgIpc) is 3.27. The van der Waals surface area contributed by atoms with Gasteiger partial charge in [0, 0.05) is 24.5 Å². The van der Waals surface area contributed by atoms with Crippen molar-refractivity contribution < 1.29 is 13.2 Å². The van der Waals surface area contributed by atoms with E-state index in [-0.39, 0.29) is 16.8 Å². The summed E-state index contributed by atoms with van der Waals surface area (Å²) < 4.78 is 26.9. The molecule has 3 rings (SSSR count). The minimum Gasteiger partial charge on any atom is -0.334 e. The number of rotatable bonds is 6. The first kappa shape index (κ1) is 20.1. The van der Waals surface area contributed by atoms with Gasteiger partial charge < -0.3 is 4.90 Å². The lowest BCUT2D eigenvalue weighted by Crippen LogP contribution is -2.29. The van der Waals surface area contributed by atoms with Crippen LogP contribution in [-0.2, 0) is 10.0 Å². The maximum atomic E-state index is 12.8. The molecule has 0 radical (unpaired) electrons. The number of amides is 1. The second-order valence-corrected chi connectivity index (χ2v) is 9.39. The number of carbonyl (C=O) groups is 1. The quantitative estimate of drug-likeness (QED) is 0.600. The lowest BCUT2D eigenvalue weighted by atomic mass is 10.1. The zero-order valence-electron chi connectivity index (χ0n) is 15.9. The number of anilines is 1. The van der Waals surface area contributed by atoms with Crippen LogP contribution in [0.4, 0.5) is 5.69 Å². The van der Waals surface area contributed by atoms with Crippen molar-refractivity contribution in [1.82, 2.24) is 4.90 Å². The molecule has 0 aliphatic rings. The highest BCUT2D eigenvalue weighted by atomic mass is 32.2. The normalized spacial score (nSPS) is 12.4. The molecule has 146 valence electrons. The highest BCUT2D eigenvalue weighted by molar-refractivity contribution is 7.92. The van der Waals surface area contributed by atoms with E-state index in [0.717, 1.165) is 4.88 Å². The van der Waals surface area contributed by atoms with Crippen molar-refractivity contribution in [3.63, 3.8) is 0 Å². The Morgan fingerprint density at radius 3 is 2.14 bits per heavy atom. The molecule has 1 heterocycles. The third kappa shape index (κ3) is 3.95. The van der Waals surface area contributed by atoms with Gasteiger partial charge in [0.25, 0.3) is 15.9 Å². The second kappa shape index (κ2) is 8.16. The number of para-hydroxylation sites is 1. The largest absolute Gasteiger partial charge is 0.334 e. The van der Waals surface area contributed by atoms with Crippen LogP contribution >= 0.6 is 11.3 Å². The van der Waals surface area contributed by atoms with E-state index in [9.17, 15) is 13.2 Å². The van der Waals surface area contributed by atoms with Gasteiger partial charge in [0.15, 0.2) is 0 Å². The van der Waals surface area contributed by atoms with Crippen LogP contribution in [0, 0.1) is 0 Å². The first-order valence-electron chi connectivity index (χ1n) is 8.77. The van der Waals surface area contributed by atoms with E-state index in [1.165, 1.54) is 23.5 Å². The minimum absolute atomic E-state index is 0.0554. The molecular weight excluding hydrogens is 392 g/mol. The molecule has 1 atom stereocenters. The molecule has 28 heavy (non-hydrogen) atoms. The molecule has 1 amide bonds. The van der Waals surface area contributed by atoms with Crippen molar-refractivity contribution in [2.45, 2.75) is 17.9 Å². The fraction of sp³-hybridized carbons (Fsp3) is 0.190. The number of hydrogen-bond acceptors (Lipinski definition) is 4. The fourth-order valence-electron chi connectivity index (χ4n) is 2.80. The summed E-state index contributed by atoms with van der Waals surface area (Å²) in [6.45, 7) is 1.97. The van der Waals surface area contributed by atoms with E-state index < -0.39 is 10.0 Å². The average molecular weight is 415 g/mol. The van der Waals surface area contributed by atoms with Gasteiger partial charge in [0.05, 0.1) is 16.6 Å². The number of thiophene rings is 1. The highest BCUT2D eigenvalue weighted by Gasteiger charge is 2.23. The summed E-state index contributed by atoms with van der Waals surface area (Å²) >= 11 is 1.60. The van der Waals surface area contributed by atoms with Crippen LogP contribution in [0.25, 0.3) is 0 Å². The zero-order chi connectivity index (χ0) is 20.3. The molecule has 0 aliphatic heterocycles. The van der Waals surface area contributed by atoms with Crippen molar-refractivity contribution in [2.75, 3.05) is 18.4 Å². The van der Waals surface area contributed by atoms with E-state index in [2.05, 4.69) is 0 Å². The predicted octanol–water partition coefficient (Wildman–Crippen LogP) is 4.41. The van der Waals surface area contributed by atoms with Crippen LogP contribution in [-0.4, -0.2) is 33.3 Å². The molecule has 0 aliphatic carbocycles. The Kier molecular flexibility index (Phi) is 5.86. The Morgan fingerprint density at radius 1 is 0.929 bits per heavy atom. The lowest BCUT2D eigenvalue weighted by Gasteiger charge is -2.24. The summed E-state index contributed by atoms with van der Waals surface area (Å²) in [4.78, 5) is 15.7. The third-order valence-electron chi connectivity index (χ3n) is 4.74. The lowest BCUT2D eigenvalue weighted by molar-refractivity contribution is 0.0745. The summed E-state index contributed by atoms with van der Waals surface area (Å²) in [7, 11) is -0.432. The fourth-order valence-corrected chi connectivity index (χ4v) is 4.83. The number of nitrogens with zero attached hydrogens (tertiary/aromatic N) is 2. The molecular formula is C21H22N2O3S2. The second-order valence-electron chi connectivity index (χ2n) is 6.44. The Labute approximate surface area is 169 Å². The molecule has 0 spiro atoms. The third-order valence-corrected chi connectivity index (χ3v) is 7.58. The van der Waals surface area contributed by atoms with E-state index in [1.54, 1.807) is 59.7 Å². The highest BCUT2D eigenvalue weighted by Crippen LogP contribution is 2.26. The number of benzene rings is 2. The van der Waals surface area contributed by atoms with E-state index in [0.29, 0.717) is 11.3 Å². The van der Waals surface area contributed by atoms with Crippen molar-refractivity contribution in [2.24, 2.45) is 0 Å². The SMILES string of the molecule is CC(c1cccs1)N(C)C(=O)c1ccc(S(=O)(=O)N(C)c2ccccc2)cc1. The van der Waals surface area contributed by atoms with Crippen LogP contribution in [0.15, 0.2) is 77.0 Å². The van der Waals surface area contributed by atoms with Gasteiger partial charge in [-0.25, -0.2) is 8.42 Å². The van der Waals surface area contributed by atoms with Crippen molar-refractivity contribution in [3.05, 3.63) is 82.6 Å². The number of sulfonamides is 1. The molecule has 0 saturated heterocycles. The van der Waals surface area contributed by atoms with Gasteiger partial charge in [-0.2, -0.15) is 0 Å². The molecule has 0 saturated carbocycles. The van der Waals surface area contributed by atoms with Gasteiger partial charge >= 0.3 is 0 Å². The van der Waals surface area contributed by atoms with E-state index >= 15 is 0 Å². The van der Waals surface area contributed by atoms with Gasteiger partial charge in [-0.1, -0.05) is 24.3 Å². The van der Waals surface area contributed by atoms with Crippen LogP contribution in [0.2, 0.25) is 0 Å². The van der Waals surface area contributed by atoms with Crippen molar-refractivity contribution in [1.29, 1.82) is 0 Å². The van der Waals surface area contributed by atoms with Gasteiger partial charge in [-0.05, 0) is 54.8 Å². The maximum absolute atomic E-state index is 12.8. The van der Waals surface area contributed by atoms with Crippen LogP contribution in [0.3, 0.4) is 0 Å². The topological polar surface area (TPSA) is 57.7 Å². The first-order chi connectivity index (χ1) is 13.3. The van der Waals surface area contributed by atoms with Gasteiger partial charge in [-0.3, -0.25) is 9.10 Å². The van der Waals surface area contributed by atoms with Crippen LogP contribution in [0.5, 0.6) is 0 Å². The number of hydrogen-bond donors (Lipinski definition) is 0. The van der Waals surface area contributed by atoms with E-state index in [1.807, 2.05) is 30.5 Å². The first-order valence-corrected chi connectivity index (χ1v) is 11.1. The van der Waals surface area contributed by atoms with Gasteiger partial charge in [-0.15, -0.1) is 11.3 Å². The maximum Gasteiger partial charge on any atom is 0.264 e. The molecule has 0 fully saturated rings.